The van der Waals surface area contributed by atoms with Gasteiger partial charge in [0.1, 0.15) is 0 Å². The minimum atomic E-state index is -0.428. The maximum absolute atomic E-state index is 13.0. The fourth-order valence-electron chi connectivity index (χ4n) is 3.38. The number of benzene rings is 1. The summed E-state index contributed by atoms with van der Waals surface area (Å²) in [4.78, 5) is 27.0. The largest absolute Gasteiger partial charge is 0.462 e. The lowest BCUT2D eigenvalue weighted by molar-refractivity contribution is -0.140. The van der Waals surface area contributed by atoms with Crippen LogP contribution in [0.5, 0.6) is 0 Å². The predicted molar refractivity (Wildman–Crippen MR) is 117 cm³/mol. The van der Waals surface area contributed by atoms with Gasteiger partial charge in [-0.25, -0.2) is 4.79 Å². The minimum Gasteiger partial charge on any atom is -0.462 e. The molecule has 1 aromatic rings. The maximum Gasteiger partial charge on any atom is 0.338 e. The number of esters is 1. The zero-order valence-electron chi connectivity index (χ0n) is 17.5. The number of hydrogen-bond acceptors (Lipinski definition) is 4. The molecule has 1 saturated carbocycles. The van der Waals surface area contributed by atoms with Crippen molar-refractivity contribution in [3.8, 4) is 0 Å². The molecule has 0 radical (unpaired) electrons. The number of allylic oxidation sites excluding steroid dienone is 1. The predicted octanol–water partition coefficient (Wildman–Crippen LogP) is 3.76. The highest BCUT2D eigenvalue weighted by Crippen LogP contribution is 2.34. The Morgan fingerprint density at radius 3 is 2.69 bits per heavy atom. The summed E-state index contributed by atoms with van der Waals surface area (Å²) >= 11 is 5.53. The molecule has 0 aromatic heterocycles. The summed E-state index contributed by atoms with van der Waals surface area (Å²) < 4.78 is 5.55. The second-order valence-corrected chi connectivity index (χ2v) is 8.39. The molecule has 0 spiro atoms. The molecule has 1 fully saturated rings. The molecule has 1 aliphatic heterocycles. The highest BCUT2D eigenvalue weighted by Gasteiger charge is 2.35. The van der Waals surface area contributed by atoms with Crippen LogP contribution in [0.2, 0.25) is 0 Å². The van der Waals surface area contributed by atoms with Crippen LogP contribution in [0.1, 0.15) is 52.1 Å². The molecule has 1 aliphatic carbocycles. The Labute approximate surface area is 177 Å². The topological polar surface area (TPSA) is 70.7 Å². The molecular weight excluding hydrogens is 386 g/mol. The third-order valence-electron chi connectivity index (χ3n) is 5.12. The van der Waals surface area contributed by atoms with E-state index in [4.69, 9.17) is 17.0 Å². The van der Waals surface area contributed by atoms with Crippen molar-refractivity contribution in [2.75, 3.05) is 18.5 Å². The van der Waals surface area contributed by atoms with Gasteiger partial charge in [-0.3, -0.25) is 4.79 Å². The van der Waals surface area contributed by atoms with E-state index in [-0.39, 0.29) is 23.7 Å². The summed E-state index contributed by atoms with van der Waals surface area (Å²) in [6.45, 7) is 8.91. The quantitative estimate of drug-likeness (QED) is 0.522. The summed E-state index contributed by atoms with van der Waals surface area (Å²) in [7, 11) is 0. The van der Waals surface area contributed by atoms with Gasteiger partial charge < -0.3 is 20.3 Å². The molecule has 0 unspecified atom stereocenters. The molecule has 156 valence electrons. The summed E-state index contributed by atoms with van der Waals surface area (Å²) in [6.07, 6.45) is 1.90. The summed E-state index contributed by atoms with van der Waals surface area (Å²) in [5.41, 5.74) is 2.92. The van der Waals surface area contributed by atoms with E-state index >= 15 is 0 Å². The molecule has 29 heavy (non-hydrogen) atoms. The van der Waals surface area contributed by atoms with E-state index in [1.165, 1.54) is 0 Å². The number of ether oxygens (including phenoxy) is 1. The van der Waals surface area contributed by atoms with E-state index in [2.05, 4.69) is 10.6 Å². The van der Waals surface area contributed by atoms with Gasteiger partial charge in [0.25, 0.3) is 0 Å². The second kappa shape index (κ2) is 8.95. The van der Waals surface area contributed by atoms with Crippen molar-refractivity contribution in [2.45, 2.75) is 46.6 Å². The number of amides is 1. The third kappa shape index (κ3) is 4.96. The molecule has 1 amide bonds. The molecule has 1 heterocycles. The molecule has 1 atom stereocenters. The third-order valence-corrected chi connectivity index (χ3v) is 5.45. The molecule has 0 saturated heterocycles. The number of rotatable bonds is 7. The van der Waals surface area contributed by atoms with Crippen LogP contribution in [-0.4, -0.2) is 35.0 Å². The Bertz CT molecular complexity index is 845. The molecule has 1 aromatic carbocycles. The monoisotopic (exact) mass is 415 g/mol. The number of nitrogens with one attached hydrogen (secondary N) is 2. The van der Waals surface area contributed by atoms with Crippen LogP contribution >= 0.6 is 12.2 Å². The van der Waals surface area contributed by atoms with Crippen molar-refractivity contribution < 1.29 is 14.3 Å². The number of thiocarbonyl (C=S) groups is 1. The fourth-order valence-corrected chi connectivity index (χ4v) is 3.77. The molecule has 3 rings (SSSR count). The van der Waals surface area contributed by atoms with Crippen molar-refractivity contribution >= 4 is 34.9 Å². The van der Waals surface area contributed by atoms with Crippen LogP contribution in [-0.2, 0) is 14.3 Å². The van der Waals surface area contributed by atoms with Crippen LogP contribution in [0.3, 0.4) is 0 Å². The first-order chi connectivity index (χ1) is 13.8. The van der Waals surface area contributed by atoms with Crippen LogP contribution in [0, 0.1) is 11.8 Å². The Morgan fingerprint density at radius 2 is 2.07 bits per heavy atom. The van der Waals surface area contributed by atoms with Gasteiger partial charge in [0.15, 0.2) is 5.11 Å². The van der Waals surface area contributed by atoms with Gasteiger partial charge >= 0.3 is 5.97 Å². The van der Waals surface area contributed by atoms with Crippen LogP contribution < -0.4 is 10.6 Å². The maximum atomic E-state index is 13.0. The molecule has 0 bridgehead atoms. The van der Waals surface area contributed by atoms with E-state index in [9.17, 15) is 9.59 Å². The SMILES string of the molecule is CCN1C(=S)N[C@@H](c2cccc(NC(=O)C3CC3)c2)C(C(=O)OCC(C)C)=C1C. The van der Waals surface area contributed by atoms with Gasteiger partial charge in [-0.2, -0.15) is 0 Å². The van der Waals surface area contributed by atoms with Crippen LogP contribution in [0.4, 0.5) is 5.69 Å². The first-order valence-corrected chi connectivity index (χ1v) is 10.6. The first-order valence-electron chi connectivity index (χ1n) is 10.2. The first kappa shape index (κ1) is 21.3. The van der Waals surface area contributed by atoms with E-state index in [0.717, 1.165) is 29.8 Å². The molecule has 2 N–H and O–H groups in total. The van der Waals surface area contributed by atoms with Crippen molar-refractivity contribution in [3.05, 3.63) is 41.1 Å². The van der Waals surface area contributed by atoms with Gasteiger partial charge in [0, 0.05) is 23.8 Å². The van der Waals surface area contributed by atoms with Crippen LogP contribution in [0.15, 0.2) is 35.5 Å². The van der Waals surface area contributed by atoms with Crippen LogP contribution in [0.25, 0.3) is 0 Å². The molecular formula is C22H29N3O3S. The summed E-state index contributed by atoms with van der Waals surface area (Å²) in [5.74, 6) is 0.0804. The van der Waals surface area contributed by atoms with Crippen molar-refractivity contribution in [1.29, 1.82) is 0 Å². The van der Waals surface area contributed by atoms with Crippen molar-refractivity contribution in [1.82, 2.24) is 10.2 Å². The van der Waals surface area contributed by atoms with Gasteiger partial charge in [0.05, 0.1) is 18.2 Å². The van der Waals surface area contributed by atoms with Crippen molar-refractivity contribution in [3.63, 3.8) is 0 Å². The second-order valence-electron chi connectivity index (χ2n) is 8.01. The number of anilines is 1. The lowest BCUT2D eigenvalue weighted by Crippen LogP contribution is -2.47. The summed E-state index contributed by atoms with van der Waals surface area (Å²) in [5, 5.41) is 6.82. The standard InChI is InChI=1S/C22H29N3O3S/c1-5-25-14(4)18(21(27)28-12-13(2)3)19(24-22(25)29)16-7-6-8-17(11-16)23-20(26)15-9-10-15/h6-8,11,13,15,19H,5,9-10,12H2,1-4H3,(H,23,26)(H,24,29)/t19-/m0/s1. The Morgan fingerprint density at radius 1 is 1.34 bits per heavy atom. The average Bonchev–Trinajstić information content (AvgIpc) is 3.51. The van der Waals surface area contributed by atoms with Gasteiger partial charge in [-0.15, -0.1) is 0 Å². The molecule has 6 nitrogen and oxygen atoms in total. The van der Waals surface area contributed by atoms with Gasteiger partial charge in [-0.05, 0) is 62.5 Å². The van der Waals surface area contributed by atoms with Gasteiger partial charge in [0.2, 0.25) is 5.91 Å². The number of carbonyl (C=O) groups is 2. The highest BCUT2D eigenvalue weighted by atomic mass is 32.1. The number of nitrogens with zero attached hydrogens (tertiary/aromatic N) is 1. The zero-order chi connectivity index (χ0) is 21.1. The Kier molecular flexibility index (Phi) is 6.57. The van der Waals surface area contributed by atoms with E-state index in [1.807, 2.05) is 56.9 Å². The normalized spacial score (nSPS) is 19.3. The highest BCUT2D eigenvalue weighted by molar-refractivity contribution is 7.80. The Balaban J connectivity index is 1.92. The smallest absolute Gasteiger partial charge is 0.338 e. The van der Waals surface area contributed by atoms with Crippen molar-refractivity contribution in [2.24, 2.45) is 11.8 Å². The van der Waals surface area contributed by atoms with E-state index in [1.54, 1.807) is 0 Å². The fraction of sp³-hybridized carbons (Fsp3) is 0.500. The average molecular weight is 416 g/mol. The molecule has 7 heteroatoms. The number of hydrogen-bond donors (Lipinski definition) is 2. The Hall–Kier alpha value is -2.41. The zero-order valence-corrected chi connectivity index (χ0v) is 18.3. The number of carbonyl (C=O) groups excluding carboxylic acids is 2. The summed E-state index contributed by atoms with van der Waals surface area (Å²) in [6, 6.07) is 7.13. The van der Waals surface area contributed by atoms with E-state index < -0.39 is 6.04 Å². The lowest BCUT2D eigenvalue weighted by atomic mass is 9.94. The van der Waals surface area contributed by atoms with E-state index in [0.29, 0.717) is 23.8 Å². The molecule has 2 aliphatic rings. The van der Waals surface area contributed by atoms with Gasteiger partial charge in [-0.1, -0.05) is 26.0 Å². The lowest BCUT2D eigenvalue weighted by Gasteiger charge is -2.37. The minimum absolute atomic E-state index is 0.0507.